The zero-order chi connectivity index (χ0) is 21.1. The zero-order valence-electron chi connectivity index (χ0n) is 16.0. The lowest BCUT2D eigenvalue weighted by atomic mass is 10.0. The number of carbonyl (C=O) groups is 1. The lowest BCUT2D eigenvalue weighted by Gasteiger charge is -2.21. The van der Waals surface area contributed by atoms with Gasteiger partial charge in [0, 0.05) is 11.6 Å². The third-order valence-corrected chi connectivity index (χ3v) is 4.26. The average Bonchev–Trinajstić information content (AvgIpc) is 2.60. The molecule has 0 bridgehead atoms. The minimum absolute atomic E-state index is 0.0891. The highest BCUT2D eigenvalue weighted by Crippen LogP contribution is 2.37. The van der Waals surface area contributed by atoms with Gasteiger partial charge in [0.15, 0.2) is 5.16 Å². The molecule has 0 aliphatic carbocycles. The summed E-state index contributed by atoms with van der Waals surface area (Å²) in [5, 5.41) is 12.6. The van der Waals surface area contributed by atoms with Gasteiger partial charge in [-0.2, -0.15) is 5.26 Å². The largest absolute Gasteiger partial charge is 0.495 e. The van der Waals surface area contributed by atoms with Gasteiger partial charge in [0.2, 0.25) is 0 Å². The van der Waals surface area contributed by atoms with Crippen molar-refractivity contribution in [3.05, 3.63) is 33.1 Å². The Morgan fingerprint density at radius 3 is 2.61 bits per heavy atom. The van der Waals surface area contributed by atoms with Gasteiger partial charge >= 0.3 is 6.09 Å². The van der Waals surface area contributed by atoms with E-state index in [1.165, 1.54) is 31.0 Å². The van der Waals surface area contributed by atoms with Crippen LogP contribution in [0.5, 0.6) is 5.75 Å². The standard InChI is InChI=1S/C18H19ClN4O4S/c1-18(2,3)27-17(25)21-12-7-13(26-4)11(19)6-9(12)14-10(8-20)15(24)23-16(22-14)28-5/h6-7H,1-5H3,(H,21,25)(H,22,23,24). The highest BCUT2D eigenvalue weighted by Gasteiger charge is 2.22. The lowest BCUT2D eigenvalue weighted by Crippen LogP contribution is -2.27. The normalized spacial score (nSPS) is 10.9. The monoisotopic (exact) mass is 422 g/mol. The molecule has 0 aliphatic rings. The number of hydrogen-bond donors (Lipinski definition) is 2. The maximum atomic E-state index is 12.3. The Hall–Kier alpha value is -2.70. The van der Waals surface area contributed by atoms with Crippen LogP contribution in [0.1, 0.15) is 26.3 Å². The van der Waals surface area contributed by atoms with Gasteiger partial charge in [-0.05, 0) is 33.1 Å². The molecule has 1 amide bonds. The molecule has 2 aromatic rings. The summed E-state index contributed by atoms with van der Waals surface area (Å²) in [6.07, 6.45) is 1.01. The summed E-state index contributed by atoms with van der Waals surface area (Å²) < 4.78 is 10.5. The highest BCUT2D eigenvalue weighted by atomic mass is 35.5. The fourth-order valence-electron chi connectivity index (χ4n) is 2.27. The number of nitriles is 1. The number of halogens is 1. The molecule has 0 radical (unpaired) electrons. The van der Waals surface area contributed by atoms with Gasteiger partial charge in [-0.1, -0.05) is 23.4 Å². The first-order valence-corrected chi connectivity index (χ1v) is 9.66. The van der Waals surface area contributed by atoms with Crippen molar-refractivity contribution in [1.29, 1.82) is 5.26 Å². The molecule has 2 rings (SSSR count). The quantitative estimate of drug-likeness (QED) is 0.563. The Morgan fingerprint density at radius 1 is 1.39 bits per heavy atom. The number of carbonyl (C=O) groups excluding carboxylic acids is 1. The number of methoxy groups -OCH3 is 1. The summed E-state index contributed by atoms with van der Waals surface area (Å²) in [5.41, 5.74) is -0.900. The number of hydrogen-bond acceptors (Lipinski definition) is 7. The van der Waals surface area contributed by atoms with E-state index in [1.807, 2.05) is 6.07 Å². The predicted octanol–water partition coefficient (Wildman–Crippen LogP) is 4.04. The van der Waals surface area contributed by atoms with Crippen molar-refractivity contribution in [3.63, 3.8) is 0 Å². The second-order valence-electron chi connectivity index (χ2n) is 6.57. The molecule has 0 fully saturated rings. The number of ether oxygens (including phenoxy) is 2. The molecule has 1 aromatic heterocycles. The number of benzene rings is 1. The summed E-state index contributed by atoms with van der Waals surface area (Å²) in [5.74, 6) is 0.296. The van der Waals surface area contributed by atoms with E-state index in [-0.39, 0.29) is 27.5 Å². The second-order valence-corrected chi connectivity index (χ2v) is 7.77. The van der Waals surface area contributed by atoms with Crippen molar-refractivity contribution < 1.29 is 14.3 Å². The van der Waals surface area contributed by atoms with Crippen molar-refractivity contribution in [3.8, 4) is 23.1 Å². The minimum Gasteiger partial charge on any atom is -0.495 e. The van der Waals surface area contributed by atoms with Crippen LogP contribution in [-0.4, -0.2) is 35.0 Å². The molecule has 0 spiro atoms. The number of nitrogens with one attached hydrogen (secondary N) is 2. The smallest absolute Gasteiger partial charge is 0.412 e. The molecule has 8 nitrogen and oxygen atoms in total. The van der Waals surface area contributed by atoms with Crippen LogP contribution in [-0.2, 0) is 4.74 Å². The van der Waals surface area contributed by atoms with E-state index in [1.54, 1.807) is 27.0 Å². The molecular weight excluding hydrogens is 404 g/mol. The molecule has 0 saturated carbocycles. The number of thioether (sulfide) groups is 1. The van der Waals surface area contributed by atoms with E-state index >= 15 is 0 Å². The number of nitrogens with zero attached hydrogens (tertiary/aromatic N) is 2. The summed E-state index contributed by atoms with van der Waals surface area (Å²) in [4.78, 5) is 31.4. The number of aromatic nitrogens is 2. The summed E-state index contributed by atoms with van der Waals surface area (Å²) in [7, 11) is 1.43. The molecular formula is C18H19ClN4O4S. The Bertz CT molecular complexity index is 1010. The van der Waals surface area contributed by atoms with Gasteiger partial charge in [0.25, 0.3) is 5.56 Å². The maximum Gasteiger partial charge on any atom is 0.412 e. The maximum absolute atomic E-state index is 12.3. The van der Waals surface area contributed by atoms with Crippen molar-refractivity contribution in [2.24, 2.45) is 0 Å². The molecule has 1 aromatic carbocycles. The first-order valence-electron chi connectivity index (χ1n) is 8.06. The van der Waals surface area contributed by atoms with E-state index in [0.29, 0.717) is 10.9 Å². The molecule has 28 heavy (non-hydrogen) atoms. The van der Waals surface area contributed by atoms with E-state index in [0.717, 1.165) is 0 Å². The first-order chi connectivity index (χ1) is 13.1. The molecule has 148 valence electrons. The first kappa shape index (κ1) is 21.6. The summed E-state index contributed by atoms with van der Waals surface area (Å²) >= 11 is 7.44. The van der Waals surface area contributed by atoms with E-state index in [2.05, 4.69) is 15.3 Å². The van der Waals surface area contributed by atoms with Gasteiger partial charge in [-0.15, -0.1) is 0 Å². The Labute approximate surface area is 171 Å². The Kier molecular flexibility index (Phi) is 6.59. The molecule has 10 heteroatoms. The third kappa shape index (κ3) is 4.97. The second kappa shape index (κ2) is 8.54. The van der Waals surface area contributed by atoms with E-state index < -0.39 is 17.3 Å². The van der Waals surface area contributed by atoms with Gasteiger partial charge in [0.1, 0.15) is 23.0 Å². The van der Waals surface area contributed by atoms with Gasteiger partial charge in [-0.3, -0.25) is 10.1 Å². The van der Waals surface area contributed by atoms with Crippen LogP contribution in [0.25, 0.3) is 11.3 Å². The number of anilines is 1. The summed E-state index contributed by atoms with van der Waals surface area (Å²) in [6.45, 7) is 5.19. The molecule has 0 atom stereocenters. The highest BCUT2D eigenvalue weighted by molar-refractivity contribution is 7.98. The molecule has 0 unspecified atom stereocenters. The Balaban J connectivity index is 2.69. The fourth-order valence-corrected chi connectivity index (χ4v) is 2.89. The zero-order valence-corrected chi connectivity index (χ0v) is 17.5. The molecule has 0 aliphatic heterocycles. The molecule has 0 saturated heterocycles. The van der Waals surface area contributed by atoms with Crippen LogP contribution in [0.15, 0.2) is 22.1 Å². The van der Waals surface area contributed by atoms with Crippen LogP contribution in [0.4, 0.5) is 10.5 Å². The van der Waals surface area contributed by atoms with E-state index in [9.17, 15) is 14.9 Å². The predicted molar refractivity (Wildman–Crippen MR) is 108 cm³/mol. The van der Waals surface area contributed by atoms with Crippen molar-refractivity contribution >= 4 is 35.1 Å². The number of aromatic amines is 1. The van der Waals surface area contributed by atoms with Crippen molar-refractivity contribution in [1.82, 2.24) is 9.97 Å². The van der Waals surface area contributed by atoms with Gasteiger partial charge < -0.3 is 14.5 Å². The van der Waals surface area contributed by atoms with Crippen molar-refractivity contribution in [2.75, 3.05) is 18.7 Å². The van der Waals surface area contributed by atoms with Crippen LogP contribution in [0.2, 0.25) is 5.02 Å². The van der Waals surface area contributed by atoms with E-state index in [4.69, 9.17) is 21.1 Å². The fraction of sp³-hybridized carbons (Fsp3) is 0.333. The topological polar surface area (TPSA) is 117 Å². The van der Waals surface area contributed by atoms with Crippen LogP contribution in [0, 0.1) is 11.3 Å². The van der Waals surface area contributed by atoms with Crippen LogP contribution >= 0.6 is 23.4 Å². The van der Waals surface area contributed by atoms with Crippen LogP contribution in [0.3, 0.4) is 0 Å². The van der Waals surface area contributed by atoms with Crippen molar-refractivity contribution in [2.45, 2.75) is 31.5 Å². The molecule has 2 N–H and O–H groups in total. The lowest BCUT2D eigenvalue weighted by molar-refractivity contribution is 0.0636. The van der Waals surface area contributed by atoms with Gasteiger partial charge in [0.05, 0.1) is 23.5 Å². The SMILES string of the molecule is COc1cc(NC(=O)OC(C)(C)C)c(-c2nc(SC)[nH]c(=O)c2C#N)cc1Cl. The summed E-state index contributed by atoms with van der Waals surface area (Å²) in [6, 6.07) is 4.80. The van der Waals surface area contributed by atoms with Crippen LogP contribution < -0.4 is 15.6 Å². The number of H-pyrrole nitrogens is 1. The van der Waals surface area contributed by atoms with Gasteiger partial charge in [-0.25, -0.2) is 9.78 Å². The third-order valence-electron chi connectivity index (χ3n) is 3.39. The number of rotatable bonds is 4. The molecule has 1 heterocycles. The Morgan fingerprint density at radius 2 is 2.07 bits per heavy atom. The average molecular weight is 423 g/mol. The minimum atomic E-state index is -0.716. The number of amides is 1.